The van der Waals surface area contributed by atoms with Gasteiger partial charge in [-0.2, -0.15) is 0 Å². The summed E-state index contributed by atoms with van der Waals surface area (Å²) in [6.45, 7) is 4.46. The minimum atomic E-state index is 1.13. The third-order valence-corrected chi connectivity index (χ3v) is 2.87. The number of terminal acetylenes is 1. The number of fused-ring (bicyclic) bond motifs is 1. The highest BCUT2D eigenvalue weighted by atomic mass is 14.1. The predicted molar refractivity (Wildman–Crippen MR) is 72.6 cm³/mol. The molecule has 0 spiro atoms. The van der Waals surface area contributed by atoms with Gasteiger partial charge in [0.25, 0.3) is 0 Å². The van der Waals surface area contributed by atoms with Gasteiger partial charge in [0.1, 0.15) is 0 Å². The standard InChI is InChI=1S/C14H16.C2H2/c1-3-11-9-10-12-7-5-6-8-14(12)13(11)4-2;1-2/h5-10H,3-4H2,1-2H3;1-2H. The molecule has 2 rings (SSSR count). The molecule has 0 aliphatic heterocycles. The maximum Gasteiger partial charge on any atom is -0.0149 e. The summed E-state index contributed by atoms with van der Waals surface area (Å²) in [5.41, 5.74) is 3.01. The lowest BCUT2D eigenvalue weighted by Gasteiger charge is -2.09. The van der Waals surface area contributed by atoms with Crippen LogP contribution < -0.4 is 0 Å². The molecule has 0 aliphatic rings. The molecule has 0 radical (unpaired) electrons. The number of hydrogen-bond donors (Lipinski definition) is 0. The molecule has 82 valence electrons. The van der Waals surface area contributed by atoms with Crippen LogP contribution in [0.25, 0.3) is 10.8 Å². The van der Waals surface area contributed by atoms with Crippen LogP contribution in [0.4, 0.5) is 0 Å². The molecule has 2 aromatic rings. The molecule has 0 N–H and O–H groups in total. The van der Waals surface area contributed by atoms with Crippen molar-refractivity contribution in [1.82, 2.24) is 0 Å². The van der Waals surface area contributed by atoms with E-state index in [1.54, 1.807) is 0 Å². The Kier molecular flexibility index (Phi) is 4.61. The summed E-state index contributed by atoms with van der Waals surface area (Å²) in [5.74, 6) is 0. The maximum atomic E-state index is 4.00. The summed E-state index contributed by atoms with van der Waals surface area (Å²) in [7, 11) is 0. The summed E-state index contributed by atoms with van der Waals surface area (Å²) < 4.78 is 0. The average molecular weight is 210 g/mol. The Morgan fingerprint density at radius 3 is 2.19 bits per heavy atom. The molecule has 0 aliphatic carbocycles. The molecule has 0 heteroatoms. The van der Waals surface area contributed by atoms with Gasteiger partial charge in [0.05, 0.1) is 0 Å². The molecular formula is C16H18. The Balaban J connectivity index is 0.000000606. The van der Waals surface area contributed by atoms with Crippen LogP contribution in [0, 0.1) is 12.8 Å². The maximum absolute atomic E-state index is 4.00. The highest BCUT2D eigenvalue weighted by molar-refractivity contribution is 5.86. The van der Waals surface area contributed by atoms with Crippen molar-refractivity contribution in [3.05, 3.63) is 47.5 Å². The van der Waals surface area contributed by atoms with Gasteiger partial charge in [0.2, 0.25) is 0 Å². The molecule has 0 amide bonds. The zero-order valence-corrected chi connectivity index (χ0v) is 10.0. The van der Waals surface area contributed by atoms with Crippen molar-refractivity contribution in [2.75, 3.05) is 0 Å². The summed E-state index contributed by atoms with van der Waals surface area (Å²) in [6, 6.07) is 13.1. The first kappa shape index (κ1) is 12.3. The van der Waals surface area contributed by atoms with Crippen LogP contribution in [-0.2, 0) is 12.8 Å². The molecule has 0 saturated carbocycles. The second-order valence-electron chi connectivity index (χ2n) is 3.63. The van der Waals surface area contributed by atoms with Crippen LogP contribution in [0.15, 0.2) is 36.4 Å². The van der Waals surface area contributed by atoms with Crippen molar-refractivity contribution in [2.45, 2.75) is 26.7 Å². The van der Waals surface area contributed by atoms with E-state index in [1.165, 1.54) is 21.9 Å². The third kappa shape index (κ3) is 2.25. The van der Waals surface area contributed by atoms with E-state index in [4.69, 9.17) is 0 Å². The summed E-state index contributed by atoms with van der Waals surface area (Å²) >= 11 is 0. The monoisotopic (exact) mass is 210 g/mol. The van der Waals surface area contributed by atoms with Crippen LogP contribution >= 0.6 is 0 Å². The number of hydrogen-bond acceptors (Lipinski definition) is 0. The van der Waals surface area contributed by atoms with E-state index in [1.807, 2.05) is 0 Å². The van der Waals surface area contributed by atoms with Crippen molar-refractivity contribution in [3.8, 4) is 12.8 Å². The fraction of sp³-hybridized carbons (Fsp3) is 0.250. The van der Waals surface area contributed by atoms with E-state index in [0.29, 0.717) is 0 Å². The van der Waals surface area contributed by atoms with Crippen molar-refractivity contribution >= 4 is 10.8 Å². The lowest BCUT2D eigenvalue weighted by molar-refractivity contribution is 1.05. The number of aryl methyl sites for hydroxylation is 2. The Morgan fingerprint density at radius 2 is 1.56 bits per heavy atom. The van der Waals surface area contributed by atoms with Crippen LogP contribution in [0.5, 0.6) is 0 Å². The quantitative estimate of drug-likeness (QED) is 0.651. The van der Waals surface area contributed by atoms with Crippen LogP contribution in [0.2, 0.25) is 0 Å². The molecule has 0 atom stereocenters. The molecule has 0 heterocycles. The van der Waals surface area contributed by atoms with E-state index in [2.05, 4.69) is 63.1 Å². The molecule has 2 aromatic carbocycles. The second-order valence-corrected chi connectivity index (χ2v) is 3.63. The molecule has 0 saturated heterocycles. The zero-order valence-electron chi connectivity index (χ0n) is 10.0. The fourth-order valence-electron chi connectivity index (χ4n) is 2.13. The Bertz CT molecular complexity index is 478. The van der Waals surface area contributed by atoms with Crippen molar-refractivity contribution < 1.29 is 0 Å². The number of rotatable bonds is 2. The van der Waals surface area contributed by atoms with E-state index in [9.17, 15) is 0 Å². The molecule has 0 fully saturated rings. The average Bonchev–Trinajstić information content (AvgIpc) is 2.39. The third-order valence-electron chi connectivity index (χ3n) is 2.87. The zero-order chi connectivity index (χ0) is 12.0. The molecule has 0 bridgehead atoms. The fourth-order valence-corrected chi connectivity index (χ4v) is 2.13. The number of benzene rings is 2. The van der Waals surface area contributed by atoms with Gasteiger partial charge in [-0.1, -0.05) is 50.2 Å². The van der Waals surface area contributed by atoms with Crippen LogP contribution in [0.3, 0.4) is 0 Å². The summed E-state index contributed by atoms with van der Waals surface area (Å²) in [5, 5.41) is 2.79. The van der Waals surface area contributed by atoms with Gasteiger partial charge in [-0.3, -0.25) is 0 Å². The Labute approximate surface area is 98.3 Å². The van der Waals surface area contributed by atoms with Gasteiger partial charge < -0.3 is 0 Å². The lowest BCUT2D eigenvalue weighted by atomic mass is 9.96. The molecule has 0 aromatic heterocycles. The highest BCUT2D eigenvalue weighted by Crippen LogP contribution is 2.23. The van der Waals surface area contributed by atoms with Gasteiger partial charge in [-0.15, -0.1) is 12.8 Å². The first-order valence-electron chi connectivity index (χ1n) is 5.69. The smallest absolute Gasteiger partial charge is 0.0149 e. The normalized spacial score (nSPS) is 9.50. The van der Waals surface area contributed by atoms with Crippen LogP contribution in [-0.4, -0.2) is 0 Å². The Hall–Kier alpha value is -1.74. The van der Waals surface area contributed by atoms with Crippen molar-refractivity contribution in [3.63, 3.8) is 0 Å². The van der Waals surface area contributed by atoms with Crippen molar-refractivity contribution in [2.24, 2.45) is 0 Å². The summed E-state index contributed by atoms with van der Waals surface area (Å²) in [4.78, 5) is 0. The molecule has 0 nitrogen and oxygen atoms in total. The van der Waals surface area contributed by atoms with Gasteiger partial charge in [0.15, 0.2) is 0 Å². The first-order chi connectivity index (χ1) is 7.86. The first-order valence-corrected chi connectivity index (χ1v) is 5.69. The van der Waals surface area contributed by atoms with Gasteiger partial charge >= 0.3 is 0 Å². The molecule has 0 unspecified atom stereocenters. The van der Waals surface area contributed by atoms with Gasteiger partial charge in [-0.25, -0.2) is 0 Å². The van der Waals surface area contributed by atoms with Gasteiger partial charge in [0, 0.05) is 0 Å². The lowest BCUT2D eigenvalue weighted by Crippen LogP contribution is -1.92. The van der Waals surface area contributed by atoms with Crippen molar-refractivity contribution in [1.29, 1.82) is 0 Å². The van der Waals surface area contributed by atoms with Gasteiger partial charge in [-0.05, 0) is 34.7 Å². The largest absolute Gasteiger partial charge is 0.124 e. The van der Waals surface area contributed by atoms with Crippen LogP contribution in [0.1, 0.15) is 25.0 Å². The minimum absolute atomic E-state index is 1.13. The van der Waals surface area contributed by atoms with E-state index >= 15 is 0 Å². The molecular weight excluding hydrogens is 192 g/mol. The SMILES string of the molecule is C#C.CCc1ccc2ccccc2c1CC. The van der Waals surface area contributed by atoms with E-state index < -0.39 is 0 Å². The van der Waals surface area contributed by atoms with E-state index in [0.717, 1.165) is 12.8 Å². The predicted octanol–water partition coefficient (Wildman–Crippen LogP) is 4.21. The second kappa shape index (κ2) is 5.98. The minimum Gasteiger partial charge on any atom is -0.124 e. The van der Waals surface area contributed by atoms with E-state index in [-0.39, 0.29) is 0 Å². The molecule has 16 heavy (non-hydrogen) atoms. The Morgan fingerprint density at radius 1 is 0.875 bits per heavy atom. The topological polar surface area (TPSA) is 0 Å². The summed E-state index contributed by atoms with van der Waals surface area (Å²) in [6.07, 6.45) is 10.3. The highest BCUT2D eigenvalue weighted by Gasteiger charge is 2.03.